The molecule has 2 aromatic rings. The molecule has 0 saturated heterocycles. The summed E-state index contributed by atoms with van der Waals surface area (Å²) in [6.45, 7) is 0. The highest BCUT2D eigenvalue weighted by Crippen LogP contribution is 2.50. The summed E-state index contributed by atoms with van der Waals surface area (Å²) in [6.07, 6.45) is 0. The molecule has 216 valence electrons. The fraction of sp³-hybridized carbons (Fsp3) is 0. The second kappa shape index (κ2) is 17.0. The quantitative estimate of drug-likeness (QED) is 0.108. The van der Waals surface area contributed by atoms with Gasteiger partial charge < -0.3 is 9.11 Å². The molecule has 14 nitrogen and oxygen atoms in total. The normalized spacial score (nSPS) is 13.9. The topological polar surface area (TPSA) is 294 Å². The van der Waals surface area contributed by atoms with Gasteiger partial charge in [-0.25, -0.2) is 16.8 Å². The zero-order valence-corrected chi connectivity index (χ0v) is 25.1. The van der Waals surface area contributed by atoms with E-state index in [2.05, 4.69) is 65.6 Å². The lowest BCUT2D eigenvalue weighted by molar-refractivity contribution is -0.117. The van der Waals surface area contributed by atoms with Crippen LogP contribution in [0.2, 0.25) is 0 Å². The summed E-state index contributed by atoms with van der Waals surface area (Å²) >= 11 is 7.28. The van der Waals surface area contributed by atoms with Crippen molar-refractivity contribution in [2.75, 3.05) is 0 Å². The minimum Gasteiger partial charge on any atom is -0.744 e. The van der Waals surface area contributed by atoms with Crippen molar-refractivity contribution in [1.82, 2.24) is 0 Å². The second-order valence-electron chi connectivity index (χ2n) is 6.69. The number of hydrogen-bond donors (Lipinski definition) is 6. The first-order valence-corrected chi connectivity index (χ1v) is 16.4. The summed E-state index contributed by atoms with van der Waals surface area (Å²) in [5.74, 6) is -0.167. The highest BCUT2D eigenvalue weighted by Gasteiger charge is 2.12. The number of benzene rings is 2. The molecule has 2 aliphatic rings. The van der Waals surface area contributed by atoms with E-state index in [0.29, 0.717) is 11.4 Å². The maximum atomic E-state index is 10.8. The van der Waals surface area contributed by atoms with Crippen molar-refractivity contribution >= 4 is 90.6 Å². The van der Waals surface area contributed by atoms with Crippen LogP contribution in [0.4, 0.5) is 11.4 Å². The molecular formula is C20H24N8O6S6. The Balaban J connectivity index is 0.000000362. The molecule has 2 heterocycles. The summed E-state index contributed by atoms with van der Waals surface area (Å²) in [6, 6.07) is 9.59. The van der Waals surface area contributed by atoms with Crippen LogP contribution < -0.4 is 33.8 Å². The molecule has 4 rings (SSSR count). The lowest BCUT2D eigenvalue weighted by Gasteiger charge is -2.06. The van der Waals surface area contributed by atoms with E-state index in [0.717, 1.165) is 24.3 Å². The summed E-state index contributed by atoms with van der Waals surface area (Å²) in [5.41, 5.74) is 18.9. The Hall–Kier alpha value is -2.98. The lowest BCUT2D eigenvalue weighted by atomic mass is 10.3. The van der Waals surface area contributed by atoms with Crippen LogP contribution in [0.3, 0.4) is 0 Å². The van der Waals surface area contributed by atoms with Gasteiger partial charge in [0.15, 0.2) is 0 Å². The molecule has 0 unspecified atom stereocenters. The van der Waals surface area contributed by atoms with E-state index in [1.807, 2.05) is 47.0 Å². The Labute approximate surface area is 247 Å². The van der Waals surface area contributed by atoms with E-state index in [-0.39, 0.29) is 21.7 Å². The lowest BCUT2D eigenvalue weighted by Crippen LogP contribution is -2.51. The molecule has 0 spiro atoms. The maximum absolute atomic E-state index is 10.8. The largest absolute Gasteiger partial charge is 0.744 e. The number of rotatable bonds is 4. The van der Waals surface area contributed by atoms with Gasteiger partial charge in [0.25, 0.3) is 0 Å². The minimum atomic E-state index is -4.51. The SMILES string of the molecule is C1=CSC(=C2SC=CS2)S1.NC(N)=[NH2+].NC(N)=[NH2+].O=S(=O)([O-])c1ccc(N=Nc2ccc(S(=O)(=O)[O-])cc2)cc1. The number of thioether (sulfide) groups is 4. The molecule has 0 fully saturated rings. The third kappa shape index (κ3) is 15.0. The Morgan fingerprint density at radius 2 is 0.800 bits per heavy atom. The van der Waals surface area contributed by atoms with Crippen LogP contribution in [0.1, 0.15) is 0 Å². The Kier molecular flexibility index (Phi) is 14.9. The van der Waals surface area contributed by atoms with Gasteiger partial charge in [-0.05, 0) is 70.2 Å². The molecule has 2 aromatic carbocycles. The predicted octanol–water partition coefficient (Wildman–Crippen LogP) is -0.0366. The van der Waals surface area contributed by atoms with Gasteiger partial charge >= 0.3 is 11.9 Å². The molecule has 20 heteroatoms. The highest BCUT2D eigenvalue weighted by molar-refractivity contribution is 8.33. The fourth-order valence-corrected chi connectivity index (χ4v) is 7.05. The molecule has 2 aliphatic heterocycles. The average molecular weight is 665 g/mol. The van der Waals surface area contributed by atoms with Crippen molar-refractivity contribution in [1.29, 1.82) is 0 Å². The smallest absolute Gasteiger partial charge is 0.336 e. The zero-order valence-electron chi connectivity index (χ0n) is 20.2. The number of nitrogens with two attached hydrogens (primary N) is 6. The Morgan fingerprint density at radius 1 is 0.575 bits per heavy atom. The van der Waals surface area contributed by atoms with Gasteiger partial charge in [-0.2, -0.15) is 10.2 Å². The van der Waals surface area contributed by atoms with Gasteiger partial charge in [0.05, 0.1) is 29.6 Å². The van der Waals surface area contributed by atoms with Crippen molar-refractivity contribution in [2.45, 2.75) is 9.79 Å². The first-order chi connectivity index (χ1) is 18.6. The number of hydrogen-bond acceptors (Lipinski definition) is 12. The second-order valence-corrected chi connectivity index (χ2v) is 13.6. The van der Waals surface area contributed by atoms with Crippen LogP contribution >= 0.6 is 47.0 Å². The molecule has 0 saturated carbocycles. The van der Waals surface area contributed by atoms with E-state index >= 15 is 0 Å². The summed E-state index contributed by atoms with van der Waals surface area (Å²) in [5, 5.41) is 25.3. The van der Waals surface area contributed by atoms with E-state index in [1.54, 1.807) is 0 Å². The van der Waals surface area contributed by atoms with Gasteiger partial charge in [0.2, 0.25) is 0 Å². The fourth-order valence-electron chi connectivity index (χ4n) is 2.08. The predicted molar refractivity (Wildman–Crippen MR) is 159 cm³/mol. The third-order valence-electron chi connectivity index (χ3n) is 3.51. The van der Waals surface area contributed by atoms with Gasteiger partial charge in [-0.3, -0.25) is 33.8 Å². The van der Waals surface area contributed by atoms with E-state index in [4.69, 9.17) is 0 Å². The highest BCUT2D eigenvalue weighted by atomic mass is 32.2. The summed E-state index contributed by atoms with van der Waals surface area (Å²) in [7, 11) is -9.03. The van der Waals surface area contributed by atoms with E-state index in [1.165, 1.54) is 32.7 Å². The Bertz CT molecular complexity index is 1370. The molecule has 0 bridgehead atoms. The van der Waals surface area contributed by atoms with Crippen molar-refractivity contribution in [3.8, 4) is 0 Å². The third-order valence-corrected chi connectivity index (χ3v) is 9.99. The Morgan fingerprint density at radius 3 is 1.00 bits per heavy atom. The van der Waals surface area contributed by atoms with Crippen LogP contribution in [0.25, 0.3) is 0 Å². The molecule has 12 N–H and O–H groups in total. The van der Waals surface area contributed by atoms with Crippen LogP contribution in [0, 0.1) is 0 Å². The van der Waals surface area contributed by atoms with E-state index in [9.17, 15) is 25.9 Å². The molecule has 0 amide bonds. The van der Waals surface area contributed by atoms with Crippen LogP contribution in [0.5, 0.6) is 0 Å². The zero-order chi connectivity index (χ0) is 30.3. The van der Waals surface area contributed by atoms with Gasteiger partial charge in [-0.15, -0.1) is 0 Å². The minimum absolute atomic E-state index is 0.0833. The number of guanidine groups is 2. The molecule has 40 heavy (non-hydrogen) atoms. The standard InChI is InChI=1S/C12H10N2O6S2.C6H4S4.2CH5N3/c15-21(16,17)11-5-1-9(2-6-11)13-14-10-3-7-12(8-4-10)22(18,19)20;1-2-8-5(7-1)6-9-3-4-10-6;2*2-1(3)4/h1-8H,(H,15,16,17)(H,18,19,20);1-4H;2*(H5,2,3,4). The van der Waals surface area contributed by atoms with Gasteiger partial charge in [0, 0.05) is 0 Å². The van der Waals surface area contributed by atoms with Crippen molar-refractivity contribution in [3.05, 3.63) is 78.6 Å². The number of nitrogens with zero attached hydrogens (tertiary/aromatic N) is 2. The number of azo groups is 1. The monoisotopic (exact) mass is 664 g/mol. The molecule has 0 aliphatic carbocycles. The molecule has 0 radical (unpaired) electrons. The first-order valence-electron chi connectivity index (χ1n) is 10.1. The molecular weight excluding hydrogens is 641 g/mol. The maximum Gasteiger partial charge on any atom is 0.336 e. The summed E-state index contributed by atoms with van der Waals surface area (Å²) < 4.78 is 67.4. The van der Waals surface area contributed by atoms with Crippen molar-refractivity contribution in [2.24, 2.45) is 33.2 Å². The van der Waals surface area contributed by atoms with Crippen LogP contribution in [-0.2, 0) is 20.2 Å². The van der Waals surface area contributed by atoms with Gasteiger partial charge in [0.1, 0.15) is 20.2 Å². The summed E-state index contributed by atoms with van der Waals surface area (Å²) in [4.78, 5) is -0.757. The average Bonchev–Trinajstić information content (AvgIpc) is 3.56. The van der Waals surface area contributed by atoms with Crippen molar-refractivity contribution < 1.29 is 36.8 Å². The van der Waals surface area contributed by atoms with Crippen molar-refractivity contribution in [3.63, 3.8) is 0 Å². The van der Waals surface area contributed by atoms with Crippen LogP contribution in [0.15, 0.2) is 98.7 Å². The first kappa shape index (κ1) is 35.0. The van der Waals surface area contributed by atoms with E-state index < -0.39 is 20.2 Å². The molecule has 0 aromatic heterocycles. The molecule has 0 atom stereocenters. The van der Waals surface area contributed by atoms with Crippen LogP contribution in [-0.4, -0.2) is 37.9 Å². The van der Waals surface area contributed by atoms with Gasteiger partial charge in [-0.1, -0.05) is 47.0 Å².